The van der Waals surface area contributed by atoms with E-state index < -0.39 is 48.5 Å². The molecule has 180 valence electrons. The van der Waals surface area contributed by atoms with Gasteiger partial charge < -0.3 is 29.6 Å². The highest BCUT2D eigenvalue weighted by Gasteiger charge is 2.11. The molecule has 0 aliphatic heterocycles. The van der Waals surface area contributed by atoms with Crippen LogP contribution in [0.4, 0.5) is 0 Å². The highest BCUT2D eigenvalue weighted by atomic mass is 16.6. The van der Waals surface area contributed by atoms with Gasteiger partial charge >= 0.3 is 23.9 Å². The second kappa shape index (κ2) is 18.3. The Labute approximate surface area is 186 Å². The number of hydrogen-bond acceptors (Lipinski definition) is 10. The van der Waals surface area contributed by atoms with Crippen molar-refractivity contribution >= 4 is 35.7 Å². The summed E-state index contributed by atoms with van der Waals surface area (Å²) in [5.41, 5.74) is 0. The normalized spacial score (nSPS) is 9.78. The van der Waals surface area contributed by atoms with Crippen LogP contribution in [0.3, 0.4) is 0 Å². The van der Waals surface area contributed by atoms with E-state index in [2.05, 4.69) is 26.7 Å². The minimum absolute atomic E-state index is 0.0298. The maximum absolute atomic E-state index is 11.6. The molecule has 0 aliphatic rings. The molecule has 0 saturated carbocycles. The van der Waals surface area contributed by atoms with E-state index in [1.807, 2.05) is 0 Å². The molecular formula is C20H30N2O10. The number of carbonyl (C=O) groups excluding carboxylic acids is 6. The van der Waals surface area contributed by atoms with E-state index in [0.29, 0.717) is 19.3 Å². The van der Waals surface area contributed by atoms with Gasteiger partial charge in [0, 0.05) is 25.6 Å². The van der Waals surface area contributed by atoms with Crippen molar-refractivity contribution in [2.45, 2.75) is 38.5 Å². The average molecular weight is 458 g/mol. The Morgan fingerprint density at radius 3 is 1.88 bits per heavy atom. The molecule has 0 fully saturated rings. The van der Waals surface area contributed by atoms with Gasteiger partial charge in [-0.15, -0.1) is 0 Å². The summed E-state index contributed by atoms with van der Waals surface area (Å²) in [6.07, 6.45) is 1.99. The van der Waals surface area contributed by atoms with Crippen LogP contribution >= 0.6 is 0 Å². The first-order valence-corrected chi connectivity index (χ1v) is 9.99. The third-order valence-electron chi connectivity index (χ3n) is 3.65. The first-order valence-electron chi connectivity index (χ1n) is 9.99. The highest BCUT2D eigenvalue weighted by Crippen LogP contribution is 2.02. The summed E-state index contributed by atoms with van der Waals surface area (Å²) >= 11 is 0. The summed E-state index contributed by atoms with van der Waals surface area (Å²) in [5, 5.41) is 4.85. The van der Waals surface area contributed by atoms with Gasteiger partial charge in [0.15, 0.2) is 0 Å². The number of ether oxygens (including phenoxy) is 4. The van der Waals surface area contributed by atoms with Crippen LogP contribution in [-0.4, -0.2) is 75.7 Å². The number of methoxy groups -OCH3 is 1. The first-order chi connectivity index (χ1) is 15.3. The lowest BCUT2D eigenvalue weighted by molar-refractivity contribution is -0.150. The monoisotopic (exact) mass is 458 g/mol. The predicted molar refractivity (Wildman–Crippen MR) is 109 cm³/mol. The van der Waals surface area contributed by atoms with Crippen molar-refractivity contribution in [2.75, 3.05) is 40.0 Å². The molecular weight excluding hydrogens is 428 g/mol. The number of carbonyl (C=O) groups is 6. The summed E-state index contributed by atoms with van der Waals surface area (Å²) in [4.78, 5) is 67.7. The largest absolute Gasteiger partial charge is 0.469 e. The number of hydrogen-bond donors (Lipinski definition) is 2. The van der Waals surface area contributed by atoms with Crippen molar-refractivity contribution in [3.8, 4) is 0 Å². The molecule has 12 nitrogen and oxygen atoms in total. The van der Waals surface area contributed by atoms with Gasteiger partial charge in [0.25, 0.3) is 0 Å². The summed E-state index contributed by atoms with van der Waals surface area (Å²) < 4.78 is 18.8. The van der Waals surface area contributed by atoms with Crippen LogP contribution in [0.2, 0.25) is 0 Å². The SMILES string of the molecule is C=CC(=O)OCCOC(=O)CCCCCOC(=O)CC(=O)NCCNC(=O)CC(=O)OC. The number of rotatable bonds is 17. The molecule has 0 aromatic carbocycles. The molecule has 0 saturated heterocycles. The summed E-state index contributed by atoms with van der Waals surface area (Å²) in [6.45, 7) is 3.47. The molecule has 2 N–H and O–H groups in total. The quantitative estimate of drug-likeness (QED) is 0.0959. The van der Waals surface area contributed by atoms with Crippen LogP contribution < -0.4 is 10.6 Å². The lowest BCUT2D eigenvalue weighted by Gasteiger charge is -2.07. The van der Waals surface area contributed by atoms with Crippen molar-refractivity contribution in [1.29, 1.82) is 0 Å². The van der Waals surface area contributed by atoms with Gasteiger partial charge in [0.1, 0.15) is 26.1 Å². The van der Waals surface area contributed by atoms with Crippen molar-refractivity contribution in [3.63, 3.8) is 0 Å². The molecule has 2 amide bonds. The van der Waals surface area contributed by atoms with Crippen LogP contribution in [0, 0.1) is 0 Å². The molecule has 32 heavy (non-hydrogen) atoms. The minimum atomic E-state index is -0.689. The standard InChI is InChI=1S/C20H30N2O10/c1-3-17(25)31-11-12-32-18(26)7-5-4-6-10-30-20(28)14-16(24)22-9-8-21-15(23)13-19(27)29-2/h3H,1,4-14H2,2H3,(H,21,23)(H,22,24). The van der Waals surface area contributed by atoms with Crippen LogP contribution in [0.5, 0.6) is 0 Å². The zero-order valence-electron chi connectivity index (χ0n) is 18.1. The maximum Gasteiger partial charge on any atom is 0.330 e. The Hall–Kier alpha value is -3.44. The van der Waals surface area contributed by atoms with Crippen LogP contribution in [0.15, 0.2) is 12.7 Å². The van der Waals surface area contributed by atoms with Gasteiger partial charge in [-0.2, -0.15) is 0 Å². The van der Waals surface area contributed by atoms with Gasteiger partial charge in [0.05, 0.1) is 13.7 Å². The molecule has 12 heteroatoms. The van der Waals surface area contributed by atoms with E-state index in [4.69, 9.17) is 9.47 Å². The van der Waals surface area contributed by atoms with Gasteiger partial charge in [-0.1, -0.05) is 6.58 Å². The highest BCUT2D eigenvalue weighted by molar-refractivity contribution is 5.95. The molecule has 0 aliphatic carbocycles. The van der Waals surface area contributed by atoms with Gasteiger partial charge in [-0.3, -0.25) is 24.0 Å². The Bertz CT molecular complexity index is 663. The predicted octanol–water partition coefficient (Wildman–Crippen LogP) is -0.452. The molecule has 0 atom stereocenters. The first kappa shape index (κ1) is 28.6. The molecule has 0 bridgehead atoms. The van der Waals surface area contributed by atoms with Crippen molar-refractivity contribution in [2.24, 2.45) is 0 Å². The van der Waals surface area contributed by atoms with Crippen LogP contribution in [-0.2, 0) is 47.7 Å². The zero-order chi connectivity index (χ0) is 24.2. The van der Waals surface area contributed by atoms with E-state index in [1.165, 1.54) is 7.11 Å². The lowest BCUT2D eigenvalue weighted by Crippen LogP contribution is -2.36. The summed E-state index contributed by atoms with van der Waals surface area (Å²) in [7, 11) is 1.17. The van der Waals surface area contributed by atoms with E-state index in [1.54, 1.807) is 0 Å². The van der Waals surface area contributed by atoms with E-state index in [0.717, 1.165) is 6.08 Å². The second-order valence-corrected chi connectivity index (χ2v) is 6.25. The van der Waals surface area contributed by atoms with E-state index in [-0.39, 0.29) is 39.3 Å². The van der Waals surface area contributed by atoms with Crippen molar-refractivity contribution in [1.82, 2.24) is 10.6 Å². The topological polar surface area (TPSA) is 163 Å². The average Bonchev–Trinajstić information content (AvgIpc) is 2.76. The van der Waals surface area contributed by atoms with Crippen LogP contribution in [0.1, 0.15) is 38.5 Å². The zero-order valence-corrected chi connectivity index (χ0v) is 18.1. The molecule has 0 rings (SSSR count). The second-order valence-electron chi connectivity index (χ2n) is 6.25. The van der Waals surface area contributed by atoms with Crippen molar-refractivity contribution < 1.29 is 47.7 Å². The van der Waals surface area contributed by atoms with Crippen molar-refractivity contribution in [3.05, 3.63) is 12.7 Å². The van der Waals surface area contributed by atoms with Gasteiger partial charge in [-0.05, 0) is 19.3 Å². The molecule has 0 aromatic rings. The Balaban J connectivity index is 3.62. The third-order valence-corrected chi connectivity index (χ3v) is 3.65. The molecule has 0 aromatic heterocycles. The Kier molecular flexibility index (Phi) is 16.4. The van der Waals surface area contributed by atoms with Crippen LogP contribution in [0.25, 0.3) is 0 Å². The fraction of sp³-hybridized carbons (Fsp3) is 0.600. The lowest BCUT2D eigenvalue weighted by atomic mass is 10.2. The summed E-state index contributed by atoms with van der Waals surface area (Å²) in [5.74, 6) is -3.46. The molecule has 0 radical (unpaired) electrons. The van der Waals surface area contributed by atoms with E-state index >= 15 is 0 Å². The number of amides is 2. The number of nitrogens with one attached hydrogen (secondary N) is 2. The fourth-order valence-corrected chi connectivity index (χ4v) is 2.08. The Morgan fingerprint density at radius 1 is 0.719 bits per heavy atom. The fourth-order valence-electron chi connectivity index (χ4n) is 2.08. The Morgan fingerprint density at radius 2 is 1.28 bits per heavy atom. The molecule has 0 spiro atoms. The molecule has 0 heterocycles. The minimum Gasteiger partial charge on any atom is -0.469 e. The molecule has 0 unspecified atom stereocenters. The summed E-state index contributed by atoms with van der Waals surface area (Å²) in [6, 6.07) is 0. The smallest absolute Gasteiger partial charge is 0.330 e. The van der Waals surface area contributed by atoms with Gasteiger partial charge in [-0.25, -0.2) is 4.79 Å². The van der Waals surface area contributed by atoms with Gasteiger partial charge in [0.2, 0.25) is 11.8 Å². The third kappa shape index (κ3) is 17.4. The maximum atomic E-state index is 11.6. The number of unbranched alkanes of at least 4 members (excludes halogenated alkanes) is 2. The number of esters is 4. The van der Waals surface area contributed by atoms with E-state index in [9.17, 15) is 28.8 Å².